The first-order valence-electron chi connectivity index (χ1n) is 16.1. The number of rotatable bonds is 11. The minimum atomic E-state index is -3.62. The van der Waals surface area contributed by atoms with Gasteiger partial charge in [-0.2, -0.15) is 4.98 Å². The third kappa shape index (κ3) is 7.55. The molecular formula is C37H39ClN5O5P. The molecule has 1 N–H and O–H groups in total. The third-order valence-corrected chi connectivity index (χ3v) is 11.4. The van der Waals surface area contributed by atoms with Gasteiger partial charge in [0.2, 0.25) is 0 Å². The summed E-state index contributed by atoms with van der Waals surface area (Å²) in [6.45, 7) is -3.06. The first-order chi connectivity index (χ1) is 23.7. The standard InChI is InChI=1S/C37H39ClN5O5P/c1-41(2)49(38,46)47-27-32-25-42(26-34(48-32)43-24-23-33(40-36(43)45)39-35(44)28-15-7-3-8-16-28)37(29-17-9-4-10-18-29,30-19-11-5-12-20-30)31-21-13-6-14-22-31/h3-5,7-13,15-24,32,34H,6,14,25-27H2,1-2H3,(H,39,40,44,45). The Morgan fingerprint density at radius 3 is 2.18 bits per heavy atom. The number of morpholine rings is 1. The zero-order valence-corrected chi connectivity index (χ0v) is 29.0. The summed E-state index contributed by atoms with van der Waals surface area (Å²) in [5.74, 6) is -0.254. The molecule has 0 bridgehead atoms. The molecule has 1 aliphatic heterocycles. The van der Waals surface area contributed by atoms with Crippen LogP contribution in [0.15, 0.2) is 132 Å². The van der Waals surface area contributed by atoms with Crippen molar-refractivity contribution in [2.75, 3.05) is 39.1 Å². The van der Waals surface area contributed by atoms with Crippen molar-refractivity contribution in [2.24, 2.45) is 0 Å². The molecule has 2 aliphatic rings. The van der Waals surface area contributed by atoms with Gasteiger partial charge in [-0.05, 0) is 73.1 Å². The molecule has 1 fully saturated rings. The normalized spacial score (nSPS) is 19.6. The highest BCUT2D eigenvalue weighted by Crippen LogP contribution is 2.54. The van der Waals surface area contributed by atoms with Crippen LogP contribution in [0.4, 0.5) is 5.82 Å². The zero-order valence-electron chi connectivity index (χ0n) is 27.4. The van der Waals surface area contributed by atoms with E-state index < -0.39 is 30.4 Å². The molecule has 12 heteroatoms. The first-order valence-corrected chi connectivity index (χ1v) is 18.6. The molecule has 1 aromatic heterocycles. The smallest absolute Gasteiger partial charge is 0.350 e. The van der Waals surface area contributed by atoms with Gasteiger partial charge in [0.1, 0.15) is 5.82 Å². The fourth-order valence-electron chi connectivity index (χ4n) is 6.39. The lowest BCUT2D eigenvalue weighted by molar-refractivity contribution is -0.148. The molecule has 4 aromatic rings. The summed E-state index contributed by atoms with van der Waals surface area (Å²) in [7, 11) is 3.18. The molecule has 3 atom stereocenters. The van der Waals surface area contributed by atoms with Crippen molar-refractivity contribution in [3.05, 3.63) is 154 Å². The number of carbonyl (C=O) groups is 1. The SMILES string of the molecule is CN(C)P(=O)(Cl)OCC1CN(C(C2=CCCC=C2)(c2ccccc2)c2ccccc2)CC(n2ccc(NC(=O)c3ccccc3)nc2=O)O1. The fourth-order valence-corrected chi connectivity index (χ4v) is 7.14. The first kappa shape index (κ1) is 34.7. The monoisotopic (exact) mass is 699 g/mol. The number of nitrogens with zero attached hydrogens (tertiary/aromatic N) is 4. The predicted octanol–water partition coefficient (Wildman–Crippen LogP) is 6.84. The summed E-state index contributed by atoms with van der Waals surface area (Å²) in [5, 5.41) is 2.70. The van der Waals surface area contributed by atoms with E-state index in [0.717, 1.165) is 29.5 Å². The van der Waals surface area contributed by atoms with Gasteiger partial charge < -0.3 is 14.6 Å². The minimum Gasteiger partial charge on any atom is -0.350 e. The summed E-state index contributed by atoms with van der Waals surface area (Å²) in [4.78, 5) is 32.9. The molecule has 0 spiro atoms. The highest BCUT2D eigenvalue weighted by atomic mass is 35.7. The van der Waals surface area contributed by atoms with Crippen LogP contribution >= 0.6 is 18.1 Å². The van der Waals surface area contributed by atoms with Crippen LogP contribution < -0.4 is 11.0 Å². The van der Waals surface area contributed by atoms with Gasteiger partial charge in [0.25, 0.3) is 5.91 Å². The Labute approximate surface area is 290 Å². The van der Waals surface area contributed by atoms with Crippen LogP contribution in [0.25, 0.3) is 0 Å². The number of hydrogen-bond acceptors (Lipinski definition) is 7. The molecule has 49 heavy (non-hydrogen) atoms. The number of ether oxygens (including phenoxy) is 1. The molecule has 3 aromatic carbocycles. The van der Waals surface area contributed by atoms with Crippen LogP contribution in [0, 0.1) is 0 Å². The third-order valence-electron chi connectivity index (χ3n) is 8.74. The Bertz CT molecular complexity index is 1880. The molecular weight excluding hydrogens is 661 g/mol. The molecule has 10 nitrogen and oxygen atoms in total. The van der Waals surface area contributed by atoms with E-state index >= 15 is 0 Å². The van der Waals surface area contributed by atoms with Crippen molar-refractivity contribution in [1.82, 2.24) is 19.1 Å². The Balaban J connectivity index is 1.43. The van der Waals surface area contributed by atoms with Gasteiger partial charge in [-0.1, -0.05) is 97.1 Å². The van der Waals surface area contributed by atoms with Crippen LogP contribution in [-0.4, -0.2) is 64.9 Å². The summed E-state index contributed by atoms with van der Waals surface area (Å²) >= 11 is 6.28. The number of nitrogens with one attached hydrogen (secondary N) is 1. The zero-order chi connectivity index (χ0) is 34.4. The number of anilines is 1. The lowest BCUT2D eigenvalue weighted by atomic mass is 9.73. The summed E-state index contributed by atoms with van der Waals surface area (Å²) in [6, 6.07) is 30.8. The molecule has 0 saturated carbocycles. The summed E-state index contributed by atoms with van der Waals surface area (Å²) in [5.41, 5.74) is 2.24. The summed E-state index contributed by atoms with van der Waals surface area (Å²) in [6.07, 6.45) is 8.56. The van der Waals surface area contributed by atoms with Crippen molar-refractivity contribution in [1.29, 1.82) is 0 Å². The quantitative estimate of drug-likeness (QED) is 0.170. The molecule has 6 rings (SSSR count). The number of hydrogen-bond donors (Lipinski definition) is 1. The number of carbonyl (C=O) groups excluding carboxylic acids is 1. The predicted molar refractivity (Wildman–Crippen MR) is 192 cm³/mol. The van der Waals surface area contributed by atoms with Crippen LogP contribution in [0.3, 0.4) is 0 Å². The van der Waals surface area contributed by atoms with Gasteiger partial charge in [-0.3, -0.25) is 18.8 Å². The van der Waals surface area contributed by atoms with E-state index in [-0.39, 0.29) is 24.9 Å². The van der Waals surface area contributed by atoms with Crippen LogP contribution in [-0.2, 0) is 19.4 Å². The van der Waals surface area contributed by atoms with E-state index in [2.05, 4.69) is 57.7 Å². The van der Waals surface area contributed by atoms with E-state index in [1.807, 2.05) is 42.5 Å². The van der Waals surface area contributed by atoms with Gasteiger partial charge in [-0.25, -0.2) is 9.46 Å². The topological polar surface area (TPSA) is 106 Å². The Morgan fingerprint density at radius 1 is 0.980 bits per heavy atom. The Morgan fingerprint density at radius 2 is 1.61 bits per heavy atom. The average molecular weight is 700 g/mol. The fraction of sp³-hybridized carbons (Fsp3) is 0.270. The van der Waals surface area contributed by atoms with Gasteiger partial charge >= 0.3 is 12.6 Å². The van der Waals surface area contributed by atoms with E-state index in [0.29, 0.717) is 12.1 Å². The molecule has 2 heterocycles. The van der Waals surface area contributed by atoms with E-state index in [9.17, 15) is 14.2 Å². The molecule has 1 amide bonds. The number of halogens is 1. The summed E-state index contributed by atoms with van der Waals surface area (Å²) < 4.78 is 28.1. The average Bonchev–Trinajstić information content (AvgIpc) is 3.13. The maximum atomic E-state index is 13.6. The van der Waals surface area contributed by atoms with Crippen LogP contribution in [0.5, 0.6) is 0 Å². The van der Waals surface area contributed by atoms with Gasteiger partial charge in [-0.15, -0.1) is 0 Å². The Kier molecular flexibility index (Phi) is 10.7. The lowest BCUT2D eigenvalue weighted by Crippen LogP contribution is -2.58. The number of aromatic nitrogens is 2. The van der Waals surface area contributed by atoms with Crippen molar-refractivity contribution < 1.29 is 18.6 Å². The molecule has 254 valence electrons. The van der Waals surface area contributed by atoms with Crippen molar-refractivity contribution >= 4 is 29.8 Å². The molecule has 1 aliphatic carbocycles. The van der Waals surface area contributed by atoms with Crippen LogP contribution in [0.2, 0.25) is 0 Å². The second-order valence-corrected chi connectivity index (χ2v) is 15.4. The molecule has 1 saturated heterocycles. The van der Waals surface area contributed by atoms with Crippen molar-refractivity contribution in [2.45, 2.75) is 30.7 Å². The van der Waals surface area contributed by atoms with E-state index in [1.54, 1.807) is 50.6 Å². The maximum Gasteiger partial charge on any atom is 0.362 e. The second-order valence-electron chi connectivity index (χ2n) is 12.1. The van der Waals surface area contributed by atoms with Gasteiger partial charge in [0.15, 0.2) is 6.23 Å². The number of benzene rings is 3. The van der Waals surface area contributed by atoms with Crippen molar-refractivity contribution in [3.63, 3.8) is 0 Å². The largest absolute Gasteiger partial charge is 0.362 e. The maximum absolute atomic E-state index is 13.6. The molecule has 3 unspecified atom stereocenters. The van der Waals surface area contributed by atoms with Gasteiger partial charge in [0, 0.05) is 24.8 Å². The molecule has 0 radical (unpaired) electrons. The highest BCUT2D eigenvalue weighted by Gasteiger charge is 2.47. The Hall–Kier alpha value is -4.15. The van der Waals surface area contributed by atoms with E-state index in [4.69, 9.17) is 20.5 Å². The van der Waals surface area contributed by atoms with E-state index in [1.165, 1.54) is 9.24 Å². The van der Waals surface area contributed by atoms with Crippen molar-refractivity contribution in [3.8, 4) is 0 Å². The number of allylic oxidation sites excluding steroid dienone is 2. The number of amides is 1. The highest BCUT2D eigenvalue weighted by molar-refractivity contribution is 7.83. The minimum absolute atomic E-state index is 0.0894. The second kappa shape index (κ2) is 15.2. The van der Waals surface area contributed by atoms with Gasteiger partial charge in [0.05, 0.1) is 18.2 Å². The lowest BCUT2D eigenvalue weighted by Gasteiger charge is -2.51. The van der Waals surface area contributed by atoms with Crippen LogP contribution in [0.1, 0.15) is 40.6 Å².